The van der Waals surface area contributed by atoms with Gasteiger partial charge in [-0.25, -0.2) is 4.79 Å². The molecule has 3 aromatic heterocycles. The molecule has 32 heavy (non-hydrogen) atoms. The molecular weight excluding hydrogens is 450 g/mol. The van der Waals surface area contributed by atoms with E-state index >= 15 is 0 Å². The monoisotopic (exact) mass is 471 g/mol. The molecule has 0 radical (unpaired) electrons. The lowest BCUT2D eigenvalue weighted by Gasteiger charge is -2.25. The van der Waals surface area contributed by atoms with Gasteiger partial charge in [-0.2, -0.15) is 0 Å². The molecule has 0 fully saturated rings. The molecule has 0 saturated carbocycles. The van der Waals surface area contributed by atoms with Crippen LogP contribution in [-0.4, -0.2) is 26.1 Å². The largest absolute Gasteiger partial charge is 0.494 e. The number of aromatic nitrogens is 3. The molecular formula is C23H22ClN3O4S. The first kappa shape index (κ1) is 21.0. The highest BCUT2D eigenvalue weighted by Crippen LogP contribution is 2.46. The van der Waals surface area contributed by atoms with Crippen molar-refractivity contribution < 1.29 is 9.15 Å². The van der Waals surface area contributed by atoms with Gasteiger partial charge < -0.3 is 13.7 Å². The molecule has 0 spiro atoms. The van der Waals surface area contributed by atoms with Crippen LogP contribution in [0, 0.1) is 0 Å². The van der Waals surface area contributed by atoms with Crippen LogP contribution >= 0.6 is 23.4 Å². The summed E-state index contributed by atoms with van der Waals surface area (Å²) in [4.78, 5) is 26.3. The molecule has 4 aromatic rings. The Balaban J connectivity index is 1.91. The van der Waals surface area contributed by atoms with E-state index in [0.717, 1.165) is 33.0 Å². The van der Waals surface area contributed by atoms with Gasteiger partial charge in [-0.15, -0.1) is 11.8 Å². The van der Waals surface area contributed by atoms with Crippen molar-refractivity contribution in [3.63, 3.8) is 0 Å². The lowest BCUT2D eigenvalue weighted by molar-refractivity contribution is 0.340. The molecule has 0 N–H and O–H groups in total. The Morgan fingerprint density at radius 1 is 1.19 bits per heavy atom. The molecule has 0 saturated heterocycles. The maximum atomic E-state index is 13.4. The second kappa shape index (κ2) is 7.94. The third-order valence-corrected chi connectivity index (χ3v) is 7.23. The van der Waals surface area contributed by atoms with E-state index in [1.54, 1.807) is 29.4 Å². The molecule has 9 heteroatoms. The fourth-order valence-electron chi connectivity index (χ4n) is 4.47. The van der Waals surface area contributed by atoms with Crippen LogP contribution < -0.4 is 16.0 Å². The molecule has 1 atom stereocenters. The Labute approximate surface area is 193 Å². The van der Waals surface area contributed by atoms with Crippen LogP contribution in [0.5, 0.6) is 5.75 Å². The zero-order valence-corrected chi connectivity index (χ0v) is 19.5. The predicted molar refractivity (Wildman–Crippen MR) is 127 cm³/mol. The lowest BCUT2D eigenvalue weighted by Crippen LogP contribution is -2.37. The van der Waals surface area contributed by atoms with Gasteiger partial charge in [0.2, 0.25) is 0 Å². The molecule has 1 aromatic carbocycles. The SMILES string of the molecule is CCOc1cccc(-c2c3c(=O)n(C)c(=O)n(C)c3c3n2CCS[C@@H]3c2ccc(Cl)o2)c1. The maximum absolute atomic E-state index is 13.4. The van der Waals surface area contributed by atoms with Crippen molar-refractivity contribution in [3.8, 4) is 17.0 Å². The Kier molecular flexibility index (Phi) is 5.22. The van der Waals surface area contributed by atoms with E-state index < -0.39 is 0 Å². The smallest absolute Gasteiger partial charge is 0.331 e. The normalized spacial score (nSPS) is 15.8. The van der Waals surface area contributed by atoms with E-state index in [2.05, 4.69) is 4.57 Å². The predicted octanol–water partition coefficient (Wildman–Crippen LogP) is 4.19. The standard InChI is InChI=1S/C23H22ClN3O4S/c1-4-30-14-7-5-6-13(12-14)18-17-19(25(2)23(29)26(3)22(17)28)20-21(32-11-10-27(18)20)15-8-9-16(24)31-15/h5-9,12,21H,4,10-11H2,1-3H3/t21-/m1/s1. The summed E-state index contributed by atoms with van der Waals surface area (Å²) in [5, 5.41) is 0.631. The zero-order chi connectivity index (χ0) is 22.6. The van der Waals surface area contributed by atoms with Crippen LogP contribution in [0.4, 0.5) is 0 Å². The topological polar surface area (TPSA) is 71.3 Å². The van der Waals surface area contributed by atoms with E-state index in [1.807, 2.05) is 37.3 Å². The number of fused-ring (bicyclic) bond motifs is 3. The molecule has 5 rings (SSSR count). The summed E-state index contributed by atoms with van der Waals surface area (Å²) >= 11 is 7.78. The van der Waals surface area contributed by atoms with Crippen LogP contribution in [0.2, 0.25) is 5.22 Å². The zero-order valence-electron chi connectivity index (χ0n) is 17.9. The van der Waals surface area contributed by atoms with Crippen LogP contribution in [0.3, 0.4) is 0 Å². The first-order valence-corrected chi connectivity index (χ1v) is 11.8. The Hall–Kier alpha value is -2.84. The lowest BCUT2D eigenvalue weighted by atomic mass is 10.1. The van der Waals surface area contributed by atoms with Crippen LogP contribution in [0.15, 0.2) is 50.4 Å². The highest BCUT2D eigenvalue weighted by Gasteiger charge is 2.34. The summed E-state index contributed by atoms with van der Waals surface area (Å²) in [7, 11) is 3.22. The van der Waals surface area contributed by atoms with Gasteiger partial charge >= 0.3 is 5.69 Å². The molecule has 7 nitrogen and oxygen atoms in total. The first-order chi connectivity index (χ1) is 15.4. The molecule has 4 heterocycles. The van der Waals surface area contributed by atoms with Gasteiger partial charge in [0.05, 0.1) is 28.9 Å². The molecule has 1 aliphatic rings. The maximum Gasteiger partial charge on any atom is 0.331 e. The van der Waals surface area contributed by atoms with Crippen molar-refractivity contribution in [1.82, 2.24) is 13.7 Å². The number of furan rings is 1. The van der Waals surface area contributed by atoms with Crippen molar-refractivity contribution in [3.05, 3.63) is 73.9 Å². The summed E-state index contributed by atoms with van der Waals surface area (Å²) in [5.41, 5.74) is 2.47. The van der Waals surface area contributed by atoms with Gasteiger partial charge in [-0.1, -0.05) is 12.1 Å². The van der Waals surface area contributed by atoms with E-state index in [0.29, 0.717) is 35.0 Å². The molecule has 0 unspecified atom stereocenters. The third-order valence-electron chi connectivity index (χ3n) is 5.82. The number of aryl methyl sites for hydroxylation is 1. The van der Waals surface area contributed by atoms with E-state index in [9.17, 15) is 9.59 Å². The highest BCUT2D eigenvalue weighted by molar-refractivity contribution is 7.99. The number of hydrogen-bond acceptors (Lipinski definition) is 5. The van der Waals surface area contributed by atoms with Gasteiger partial charge in [0, 0.05) is 32.0 Å². The van der Waals surface area contributed by atoms with Crippen molar-refractivity contribution in [1.29, 1.82) is 0 Å². The Bertz CT molecular complexity index is 1460. The van der Waals surface area contributed by atoms with Gasteiger partial charge in [0.25, 0.3) is 5.56 Å². The van der Waals surface area contributed by atoms with Gasteiger partial charge in [0.1, 0.15) is 16.8 Å². The highest BCUT2D eigenvalue weighted by atomic mass is 35.5. The number of hydrogen-bond donors (Lipinski definition) is 0. The number of benzene rings is 1. The molecule has 0 bridgehead atoms. The number of thioether (sulfide) groups is 1. The number of halogens is 1. The fraction of sp³-hybridized carbons (Fsp3) is 0.304. The molecule has 0 amide bonds. The van der Waals surface area contributed by atoms with E-state index in [4.69, 9.17) is 20.8 Å². The van der Waals surface area contributed by atoms with Crippen LogP contribution in [0.25, 0.3) is 22.2 Å². The molecule has 166 valence electrons. The summed E-state index contributed by atoms with van der Waals surface area (Å²) in [5.74, 6) is 2.25. The second-order valence-electron chi connectivity index (χ2n) is 7.67. The van der Waals surface area contributed by atoms with Gasteiger partial charge in [-0.05, 0) is 42.8 Å². The number of nitrogens with zero attached hydrogens (tertiary/aromatic N) is 3. The van der Waals surface area contributed by atoms with E-state index in [1.165, 1.54) is 7.05 Å². The first-order valence-electron chi connectivity index (χ1n) is 10.3. The average molecular weight is 472 g/mol. The number of rotatable bonds is 4. The third kappa shape index (κ3) is 3.12. The van der Waals surface area contributed by atoms with E-state index in [-0.39, 0.29) is 16.5 Å². The minimum atomic E-state index is -0.364. The second-order valence-corrected chi connectivity index (χ2v) is 9.25. The Morgan fingerprint density at radius 3 is 2.72 bits per heavy atom. The van der Waals surface area contributed by atoms with Gasteiger partial charge in [0.15, 0.2) is 5.22 Å². The van der Waals surface area contributed by atoms with Crippen molar-refractivity contribution >= 4 is 34.3 Å². The summed E-state index contributed by atoms with van der Waals surface area (Å²) in [6.07, 6.45) is 0. The molecule has 0 aliphatic carbocycles. The summed E-state index contributed by atoms with van der Waals surface area (Å²) < 4.78 is 16.3. The summed E-state index contributed by atoms with van der Waals surface area (Å²) in [6.45, 7) is 3.18. The minimum Gasteiger partial charge on any atom is -0.494 e. The molecule has 1 aliphatic heterocycles. The van der Waals surface area contributed by atoms with Crippen molar-refractivity contribution in [2.45, 2.75) is 18.7 Å². The Morgan fingerprint density at radius 2 is 2.00 bits per heavy atom. The minimum absolute atomic E-state index is 0.194. The van der Waals surface area contributed by atoms with Crippen LogP contribution in [-0.2, 0) is 20.6 Å². The van der Waals surface area contributed by atoms with Crippen LogP contribution in [0.1, 0.15) is 23.6 Å². The quantitative estimate of drug-likeness (QED) is 0.446. The fourth-order valence-corrected chi connectivity index (χ4v) is 5.83. The number of ether oxygens (including phenoxy) is 1. The van der Waals surface area contributed by atoms with Gasteiger partial charge in [-0.3, -0.25) is 13.9 Å². The summed E-state index contributed by atoms with van der Waals surface area (Å²) in [6, 6.07) is 11.3. The average Bonchev–Trinajstić information content (AvgIpc) is 3.38. The van der Waals surface area contributed by atoms with Crippen molar-refractivity contribution in [2.24, 2.45) is 14.1 Å². The van der Waals surface area contributed by atoms with Crippen molar-refractivity contribution in [2.75, 3.05) is 12.4 Å².